The molecule has 0 fully saturated rings. The topological polar surface area (TPSA) is 72.7 Å². The predicted octanol–water partition coefficient (Wildman–Crippen LogP) is 4.14. The van der Waals surface area contributed by atoms with E-state index in [0.717, 1.165) is 42.2 Å². The molecule has 0 bridgehead atoms. The number of rotatable bonds is 8. The molecule has 1 heterocycles. The highest BCUT2D eigenvalue weighted by Gasteiger charge is 2.06. The minimum atomic E-state index is 0. The smallest absolute Gasteiger partial charge is 0.195 e. The molecule has 1 aromatic heterocycles. The van der Waals surface area contributed by atoms with Gasteiger partial charge in [-0.1, -0.05) is 12.1 Å². The zero-order valence-electron chi connectivity index (χ0n) is 17.0. The summed E-state index contributed by atoms with van der Waals surface area (Å²) in [6.45, 7) is 4.41. The van der Waals surface area contributed by atoms with E-state index in [2.05, 4.69) is 31.2 Å². The molecule has 29 heavy (non-hydrogen) atoms. The van der Waals surface area contributed by atoms with Crippen molar-refractivity contribution in [3.05, 3.63) is 48.8 Å². The van der Waals surface area contributed by atoms with Crippen LogP contribution < -0.4 is 20.1 Å². The molecule has 7 nitrogen and oxygen atoms in total. The van der Waals surface area contributed by atoms with Crippen molar-refractivity contribution in [2.75, 3.05) is 32.6 Å². The fourth-order valence-electron chi connectivity index (χ4n) is 2.98. The van der Waals surface area contributed by atoms with Gasteiger partial charge in [0.2, 0.25) is 0 Å². The molecule has 0 aliphatic carbocycles. The SMILES string of the molecule is CCNC(=NCCCn1cnc2ccccc21)Nc1ccc(OC)c(OC)c1.I. The number of para-hydroxylation sites is 2. The van der Waals surface area contributed by atoms with Gasteiger partial charge >= 0.3 is 0 Å². The Bertz CT molecular complexity index is 942. The number of halogens is 1. The molecule has 0 aliphatic heterocycles. The number of hydrogen-bond donors (Lipinski definition) is 2. The summed E-state index contributed by atoms with van der Waals surface area (Å²) in [6, 6.07) is 13.9. The predicted molar refractivity (Wildman–Crippen MR) is 129 cm³/mol. The highest BCUT2D eigenvalue weighted by molar-refractivity contribution is 14.0. The second-order valence-electron chi connectivity index (χ2n) is 6.24. The summed E-state index contributed by atoms with van der Waals surface area (Å²) in [4.78, 5) is 9.10. The number of anilines is 1. The number of ether oxygens (including phenoxy) is 2. The second-order valence-corrected chi connectivity index (χ2v) is 6.24. The molecule has 2 N–H and O–H groups in total. The van der Waals surface area contributed by atoms with E-state index < -0.39 is 0 Å². The molecule has 0 spiro atoms. The first-order valence-electron chi connectivity index (χ1n) is 9.42. The van der Waals surface area contributed by atoms with Crippen LogP contribution >= 0.6 is 24.0 Å². The average molecular weight is 509 g/mol. The molecule has 0 saturated carbocycles. The third-order valence-electron chi connectivity index (χ3n) is 4.34. The first-order valence-corrected chi connectivity index (χ1v) is 9.42. The maximum atomic E-state index is 5.36. The van der Waals surface area contributed by atoms with Gasteiger partial charge < -0.3 is 24.7 Å². The molecular formula is C21H28IN5O2. The number of imidazole rings is 1. The van der Waals surface area contributed by atoms with E-state index in [-0.39, 0.29) is 24.0 Å². The third-order valence-corrected chi connectivity index (χ3v) is 4.34. The van der Waals surface area contributed by atoms with Crippen molar-refractivity contribution in [1.29, 1.82) is 0 Å². The number of aromatic nitrogens is 2. The Hall–Kier alpha value is -2.49. The molecule has 156 valence electrons. The van der Waals surface area contributed by atoms with E-state index in [1.807, 2.05) is 49.6 Å². The van der Waals surface area contributed by atoms with E-state index >= 15 is 0 Å². The fourth-order valence-corrected chi connectivity index (χ4v) is 2.98. The van der Waals surface area contributed by atoms with Gasteiger partial charge in [-0.15, -0.1) is 24.0 Å². The van der Waals surface area contributed by atoms with Crippen LogP contribution in [0.5, 0.6) is 11.5 Å². The Morgan fingerprint density at radius 2 is 1.90 bits per heavy atom. The highest BCUT2D eigenvalue weighted by atomic mass is 127. The van der Waals surface area contributed by atoms with Crippen molar-refractivity contribution in [1.82, 2.24) is 14.9 Å². The van der Waals surface area contributed by atoms with Gasteiger partial charge in [-0.25, -0.2) is 4.98 Å². The lowest BCUT2D eigenvalue weighted by Gasteiger charge is -2.14. The molecule has 0 unspecified atom stereocenters. The number of guanidine groups is 1. The summed E-state index contributed by atoms with van der Waals surface area (Å²) in [6.07, 6.45) is 2.81. The lowest BCUT2D eigenvalue weighted by Crippen LogP contribution is -2.30. The lowest BCUT2D eigenvalue weighted by molar-refractivity contribution is 0.355. The van der Waals surface area contributed by atoms with Gasteiger partial charge in [0.1, 0.15) is 0 Å². The van der Waals surface area contributed by atoms with Gasteiger partial charge in [-0.05, 0) is 37.6 Å². The van der Waals surface area contributed by atoms with Crippen LogP contribution in [0.4, 0.5) is 5.69 Å². The van der Waals surface area contributed by atoms with Crippen LogP contribution in [-0.2, 0) is 6.54 Å². The first kappa shape index (κ1) is 22.8. The van der Waals surface area contributed by atoms with E-state index in [1.54, 1.807) is 14.2 Å². The van der Waals surface area contributed by atoms with Crippen molar-refractivity contribution < 1.29 is 9.47 Å². The van der Waals surface area contributed by atoms with Crippen LogP contribution in [0.15, 0.2) is 53.8 Å². The highest BCUT2D eigenvalue weighted by Crippen LogP contribution is 2.29. The maximum absolute atomic E-state index is 5.36. The monoisotopic (exact) mass is 509 g/mol. The molecule has 0 atom stereocenters. The van der Waals surface area contributed by atoms with Crippen LogP contribution in [0.1, 0.15) is 13.3 Å². The second kappa shape index (κ2) is 11.5. The van der Waals surface area contributed by atoms with Gasteiger partial charge in [0.25, 0.3) is 0 Å². The zero-order valence-corrected chi connectivity index (χ0v) is 19.3. The standard InChI is InChI=1S/C21H27N5O2.HI/c1-4-22-21(25-16-10-11-19(27-2)20(14-16)28-3)23-12-7-13-26-15-24-17-8-5-6-9-18(17)26;/h5-6,8-11,14-15H,4,7,12-13H2,1-3H3,(H2,22,23,25);1H. The van der Waals surface area contributed by atoms with Crippen LogP contribution in [-0.4, -0.2) is 42.8 Å². The molecule has 2 aromatic carbocycles. The van der Waals surface area contributed by atoms with Crippen molar-refractivity contribution in [3.63, 3.8) is 0 Å². The summed E-state index contributed by atoms with van der Waals surface area (Å²) < 4.78 is 12.8. The Kier molecular flexibility index (Phi) is 9.04. The van der Waals surface area contributed by atoms with Crippen LogP contribution in [0, 0.1) is 0 Å². The van der Waals surface area contributed by atoms with Crippen molar-refractivity contribution in [2.45, 2.75) is 19.9 Å². The number of hydrogen-bond acceptors (Lipinski definition) is 4. The number of aryl methyl sites for hydroxylation is 1. The van der Waals surface area contributed by atoms with E-state index in [9.17, 15) is 0 Å². The molecule has 0 amide bonds. The Balaban J connectivity index is 0.00000300. The molecule has 0 aliphatic rings. The summed E-state index contributed by atoms with van der Waals surface area (Å²) in [5.41, 5.74) is 3.06. The Morgan fingerprint density at radius 3 is 2.66 bits per heavy atom. The van der Waals surface area contributed by atoms with Gasteiger partial charge in [-0.3, -0.25) is 4.99 Å². The summed E-state index contributed by atoms with van der Waals surface area (Å²) in [7, 11) is 3.25. The number of methoxy groups -OCH3 is 2. The molecule has 8 heteroatoms. The van der Waals surface area contributed by atoms with Crippen LogP contribution in [0.2, 0.25) is 0 Å². The Labute approximate surface area is 188 Å². The third kappa shape index (κ3) is 5.99. The summed E-state index contributed by atoms with van der Waals surface area (Å²) in [5.74, 6) is 2.11. The number of aliphatic imine (C=N–C) groups is 1. The van der Waals surface area contributed by atoms with Crippen LogP contribution in [0.3, 0.4) is 0 Å². The van der Waals surface area contributed by atoms with Crippen molar-refractivity contribution >= 4 is 46.7 Å². The molecule has 0 radical (unpaired) electrons. The zero-order chi connectivity index (χ0) is 19.8. The fraction of sp³-hybridized carbons (Fsp3) is 0.333. The molecule has 3 aromatic rings. The van der Waals surface area contributed by atoms with Crippen molar-refractivity contribution in [2.24, 2.45) is 4.99 Å². The van der Waals surface area contributed by atoms with Gasteiger partial charge in [0.15, 0.2) is 17.5 Å². The van der Waals surface area contributed by atoms with Gasteiger partial charge in [0, 0.05) is 31.4 Å². The average Bonchev–Trinajstić information content (AvgIpc) is 3.14. The summed E-state index contributed by atoms with van der Waals surface area (Å²) >= 11 is 0. The molecule has 3 rings (SSSR count). The molecule has 0 saturated heterocycles. The van der Waals surface area contributed by atoms with Crippen LogP contribution in [0.25, 0.3) is 11.0 Å². The number of nitrogens with one attached hydrogen (secondary N) is 2. The van der Waals surface area contributed by atoms with Gasteiger partial charge in [-0.2, -0.15) is 0 Å². The number of nitrogens with zero attached hydrogens (tertiary/aromatic N) is 3. The number of fused-ring (bicyclic) bond motifs is 1. The van der Waals surface area contributed by atoms with Crippen molar-refractivity contribution in [3.8, 4) is 11.5 Å². The maximum Gasteiger partial charge on any atom is 0.195 e. The minimum Gasteiger partial charge on any atom is -0.493 e. The summed E-state index contributed by atoms with van der Waals surface area (Å²) in [5, 5.41) is 6.58. The minimum absolute atomic E-state index is 0. The van der Waals surface area contributed by atoms with E-state index in [1.165, 1.54) is 0 Å². The lowest BCUT2D eigenvalue weighted by atomic mass is 10.2. The van der Waals surface area contributed by atoms with Gasteiger partial charge in [0.05, 0.1) is 31.6 Å². The largest absolute Gasteiger partial charge is 0.493 e. The Morgan fingerprint density at radius 1 is 1.10 bits per heavy atom. The number of benzene rings is 2. The quantitative estimate of drug-likeness (QED) is 0.207. The first-order chi connectivity index (χ1) is 13.7. The van der Waals surface area contributed by atoms with E-state index in [0.29, 0.717) is 18.0 Å². The molecular weight excluding hydrogens is 481 g/mol. The van der Waals surface area contributed by atoms with E-state index in [4.69, 9.17) is 9.47 Å². The normalized spacial score (nSPS) is 11.1.